The van der Waals surface area contributed by atoms with Gasteiger partial charge in [-0.3, -0.25) is 9.58 Å². The molecule has 1 aromatic rings. The highest BCUT2D eigenvalue weighted by molar-refractivity contribution is 5.12. The van der Waals surface area contributed by atoms with Crippen LogP contribution < -0.4 is 5.32 Å². The fraction of sp³-hybridized carbons (Fsp3) is 0.769. The van der Waals surface area contributed by atoms with Gasteiger partial charge in [-0.15, -0.1) is 0 Å². The summed E-state index contributed by atoms with van der Waals surface area (Å²) in [7, 11) is 1.79. The maximum atomic E-state index is 5.24. The Labute approximate surface area is 108 Å². The van der Waals surface area contributed by atoms with E-state index in [0.717, 1.165) is 39.3 Å². The minimum absolute atomic E-state index is 0.703. The Kier molecular flexibility index (Phi) is 3.63. The molecule has 0 aliphatic carbocycles. The van der Waals surface area contributed by atoms with Gasteiger partial charge in [-0.2, -0.15) is 5.10 Å². The van der Waals surface area contributed by atoms with Gasteiger partial charge in [-0.05, 0) is 24.9 Å². The van der Waals surface area contributed by atoms with E-state index in [1.54, 1.807) is 7.11 Å². The average Bonchev–Trinajstić information content (AvgIpc) is 2.96. The molecular formula is C13H22N4O. The Balaban J connectivity index is 1.58. The lowest BCUT2D eigenvalue weighted by atomic mass is 10.1. The van der Waals surface area contributed by atoms with E-state index in [2.05, 4.69) is 26.1 Å². The second kappa shape index (κ2) is 5.38. The number of ether oxygens (including phenoxy) is 1. The predicted octanol–water partition coefficient (Wildman–Crippen LogP) is 0.455. The topological polar surface area (TPSA) is 42.3 Å². The second-order valence-electron chi connectivity index (χ2n) is 5.37. The Bertz CT molecular complexity index is 380. The fourth-order valence-electron chi connectivity index (χ4n) is 2.99. The van der Waals surface area contributed by atoms with E-state index in [1.807, 2.05) is 0 Å². The van der Waals surface area contributed by atoms with E-state index >= 15 is 0 Å². The summed E-state index contributed by atoms with van der Waals surface area (Å²) in [6, 6.07) is 2.25. The SMILES string of the molecule is COCC1CCN(Cc2cc3n(n2)CCNC3)C1. The maximum Gasteiger partial charge on any atom is 0.0768 e. The normalized spacial score (nSPS) is 24.4. The lowest BCUT2D eigenvalue weighted by Crippen LogP contribution is -2.28. The highest BCUT2D eigenvalue weighted by Gasteiger charge is 2.23. The van der Waals surface area contributed by atoms with Crippen molar-refractivity contribution >= 4 is 0 Å². The standard InChI is InChI=1S/C13H22N4O/c1-18-10-11-2-4-16(8-11)9-12-6-13-7-14-3-5-17(13)15-12/h6,11,14H,2-5,7-10H2,1H3. The van der Waals surface area contributed by atoms with Crippen molar-refractivity contribution in [1.29, 1.82) is 0 Å². The van der Waals surface area contributed by atoms with Crippen molar-refractivity contribution in [3.8, 4) is 0 Å². The van der Waals surface area contributed by atoms with Crippen LogP contribution in [-0.2, 0) is 24.4 Å². The van der Waals surface area contributed by atoms with Gasteiger partial charge in [0.1, 0.15) is 0 Å². The summed E-state index contributed by atoms with van der Waals surface area (Å²) in [5.41, 5.74) is 2.54. The molecule has 0 spiro atoms. The molecule has 0 amide bonds. The molecule has 1 fully saturated rings. The molecule has 100 valence electrons. The summed E-state index contributed by atoms with van der Waals surface area (Å²) in [6.45, 7) is 7.19. The summed E-state index contributed by atoms with van der Waals surface area (Å²) in [4.78, 5) is 2.49. The van der Waals surface area contributed by atoms with Crippen molar-refractivity contribution in [3.63, 3.8) is 0 Å². The number of nitrogens with one attached hydrogen (secondary N) is 1. The first-order valence-corrected chi connectivity index (χ1v) is 6.83. The summed E-state index contributed by atoms with van der Waals surface area (Å²) >= 11 is 0. The van der Waals surface area contributed by atoms with Gasteiger partial charge in [0.05, 0.1) is 24.5 Å². The van der Waals surface area contributed by atoms with Gasteiger partial charge in [0.15, 0.2) is 0 Å². The number of fused-ring (bicyclic) bond motifs is 1. The van der Waals surface area contributed by atoms with E-state index in [-0.39, 0.29) is 0 Å². The highest BCUT2D eigenvalue weighted by Crippen LogP contribution is 2.19. The number of hydrogen-bond acceptors (Lipinski definition) is 4. The van der Waals surface area contributed by atoms with E-state index in [1.165, 1.54) is 24.4 Å². The lowest BCUT2D eigenvalue weighted by molar-refractivity contribution is 0.152. The monoisotopic (exact) mass is 250 g/mol. The highest BCUT2D eigenvalue weighted by atomic mass is 16.5. The van der Waals surface area contributed by atoms with Gasteiger partial charge in [-0.1, -0.05) is 0 Å². The first kappa shape index (κ1) is 12.1. The fourth-order valence-corrected chi connectivity index (χ4v) is 2.99. The summed E-state index contributed by atoms with van der Waals surface area (Å²) in [5, 5.41) is 8.07. The lowest BCUT2D eigenvalue weighted by Gasteiger charge is -2.14. The van der Waals surface area contributed by atoms with Gasteiger partial charge in [0, 0.05) is 33.3 Å². The average molecular weight is 250 g/mol. The maximum absolute atomic E-state index is 5.24. The van der Waals surface area contributed by atoms with Gasteiger partial charge in [-0.25, -0.2) is 0 Å². The zero-order valence-corrected chi connectivity index (χ0v) is 11.1. The molecule has 3 heterocycles. The molecule has 2 aliphatic rings. The number of methoxy groups -OCH3 is 1. The minimum Gasteiger partial charge on any atom is -0.384 e. The molecule has 3 rings (SSSR count). The van der Waals surface area contributed by atoms with Crippen LogP contribution >= 0.6 is 0 Å². The number of hydrogen-bond donors (Lipinski definition) is 1. The zero-order chi connectivity index (χ0) is 12.4. The van der Waals surface area contributed by atoms with E-state index in [4.69, 9.17) is 4.74 Å². The van der Waals surface area contributed by atoms with Gasteiger partial charge < -0.3 is 10.1 Å². The smallest absolute Gasteiger partial charge is 0.0768 e. The van der Waals surface area contributed by atoms with Crippen molar-refractivity contribution in [2.75, 3.05) is 33.4 Å². The number of rotatable bonds is 4. The first-order valence-electron chi connectivity index (χ1n) is 6.83. The van der Waals surface area contributed by atoms with Crippen LogP contribution in [0, 0.1) is 5.92 Å². The summed E-state index contributed by atoms with van der Waals surface area (Å²) in [5.74, 6) is 0.703. The summed E-state index contributed by atoms with van der Waals surface area (Å²) in [6.07, 6.45) is 1.25. The Morgan fingerprint density at radius 1 is 1.50 bits per heavy atom. The van der Waals surface area contributed by atoms with Crippen LogP contribution in [0.5, 0.6) is 0 Å². The van der Waals surface area contributed by atoms with E-state index in [0.29, 0.717) is 5.92 Å². The molecule has 2 aliphatic heterocycles. The molecule has 1 N–H and O–H groups in total. The van der Waals surface area contributed by atoms with Crippen molar-refractivity contribution < 1.29 is 4.74 Å². The predicted molar refractivity (Wildman–Crippen MR) is 69.2 cm³/mol. The molecule has 1 aromatic heterocycles. The van der Waals surface area contributed by atoms with Gasteiger partial charge in [0.2, 0.25) is 0 Å². The van der Waals surface area contributed by atoms with Crippen LogP contribution in [-0.4, -0.2) is 48.0 Å². The molecular weight excluding hydrogens is 228 g/mol. The first-order chi connectivity index (χ1) is 8.85. The second-order valence-corrected chi connectivity index (χ2v) is 5.37. The molecule has 0 aromatic carbocycles. The van der Waals surface area contributed by atoms with Crippen LogP contribution in [0.4, 0.5) is 0 Å². The molecule has 0 bridgehead atoms. The van der Waals surface area contributed by atoms with E-state index < -0.39 is 0 Å². The third-order valence-electron chi connectivity index (χ3n) is 3.88. The Morgan fingerprint density at radius 3 is 3.28 bits per heavy atom. The molecule has 18 heavy (non-hydrogen) atoms. The van der Waals surface area contributed by atoms with E-state index in [9.17, 15) is 0 Å². The molecule has 0 radical (unpaired) electrons. The van der Waals surface area contributed by atoms with Crippen LogP contribution in [0.25, 0.3) is 0 Å². The zero-order valence-electron chi connectivity index (χ0n) is 11.1. The molecule has 5 heteroatoms. The minimum atomic E-state index is 0.703. The van der Waals surface area contributed by atoms with Crippen LogP contribution in [0.15, 0.2) is 6.07 Å². The molecule has 1 atom stereocenters. The molecule has 5 nitrogen and oxygen atoms in total. The molecule has 1 unspecified atom stereocenters. The van der Waals surface area contributed by atoms with Gasteiger partial charge >= 0.3 is 0 Å². The summed E-state index contributed by atoms with van der Waals surface area (Å²) < 4.78 is 7.38. The van der Waals surface area contributed by atoms with Gasteiger partial charge in [0.25, 0.3) is 0 Å². The van der Waals surface area contributed by atoms with Crippen molar-refractivity contribution in [1.82, 2.24) is 20.0 Å². The quantitative estimate of drug-likeness (QED) is 0.843. The largest absolute Gasteiger partial charge is 0.384 e. The number of nitrogens with zero attached hydrogens (tertiary/aromatic N) is 3. The molecule has 1 saturated heterocycles. The molecule has 0 saturated carbocycles. The third-order valence-corrected chi connectivity index (χ3v) is 3.88. The van der Waals surface area contributed by atoms with Crippen molar-refractivity contribution in [2.45, 2.75) is 26.1 Å². The Hall–Kier alpha value is -0.910. The van der Waals surface area contributed by atoms with Crippen LogP contribution in [0.2, 0.25) is 0 Å². The van der Waals surface area contributed by atoms with Crippen molar-refractivity contribution in [2.24, 2.45) is 5.92 Å². The number of likely N-dealkylation sites (tertiary alicyclic amines) is 1. The van der Waals surface area contributed by atoms with Crippen LogP contribution in [0.1, 0.15) is 17.8 Å². The van der Waals surface area contributed by atoms with Crippen LogP contribution in [0.3, 0.4) is 0 Å². The number of aromatic nitrogens is 2. The Morgan fingerprint density at radius 2 is 2.44 bits per heavy atom. The van der Waals surface area contributed by atoms with Crippen molar-refractivity contribution in [3.05, 3.63) is 17.5 Å². The third kappa shape index (κ3) is 2.58.